The predicted octanol–water partition coefficient (Wildman–Crippen LogP) is 10.8. The minimum absolute atomic E-state index is 1.13. The maximum absolute atomic E-state index is 2.38. The zero-order valence-corrected chi connectivity index (χ0v) is 21.5. The van der Waals surface area contributed by atoms with Gasteiger partial charge in [-0.2, -0.15) is 0 Å². The summed E-state index contributed by atoms with van der Waals surface area (Å²) in [6, 6.07) is 58.7. The van der Waals surface area contributed by atoms with Crippen LogP contribution in [0.15, 0.2) is 164 Å². The second-order valence-electron chi connectivity index (χ2n) is 9.83. The Morgan fingerprint density at radius 2 is 0.897 bits per heavy atom. The third-order valence-electron chi connectivity index (χ3n) is 7.43. The molecule has 0 aromatic heterocycles. The van der Waals surface area contributed by atoms with Crippen molar-refractivity contribution < 1.29 is 0 Å². The van der Waals surface area contributed by atoms with Crippen molar-refractivity contribution in [3.63, 3.8) is 0 Å². The van der Waals surface area contributed by atoms with E-state index in [4.69, 9.17) is 0 Å². The number of hydrogen-bond acceptors (Lipinski definition) is 1. The van der Waals surface area contributed by atoms with E-state index in [-0.39, 0.29) is 0 Å². The average molecular weight is 498 g/mol. The Labute approximate surface area is 229 Å². The number of rotatable bonds is 5. The molecule has 0 spiro atoms. The van der Waals surface area contributed by atoms with Crippen molar-refractivity contribution in [2.45, 2.75) is 0 Å². The van der Waals surface area contributed by atoms with E-state index in [1.165, 1.54) is 43.8 Å². The molecule has 39 heavy (non-hydrogen) atoms. The summed E-state index contributed by atoms with van der Waals surface area (Å²) in [4.78, 5) is 2.38. The van der Waals surface area contributed by atoms with Gasteiger partial charge in [-0.1, -0.05) is 127 Å². The Hall–Kier alpha value is -5.14. The van der Waals surface area contributed by atoms with E-state index in [9.17, 15) is 0 Å². The fourth-order valence-corrected chi connectivity index (χ4v) is 5.55. The summed E-state index contributed by atoms with van der Waals surface area (Å²) in [5.41, 5.74) is 8.30. The number of para-hydroxylation sites is 1. The van der Waals surface area contributed by atoms with Gasteiger partial charge in [0.1, 0.15) is 0 Å². The van der Waals surface area contributed by atoms with Gasteiger partial charge in [0.25, 0.3) is 0 Å². The molecule has 7 aromatic carbocycles. The van der Waals surface area contributed by atoms with E-state index >= 15 is 0 Å². The van der Waals surface area contributed by atoms with Crippen LogP contribution in [0.2, 0.25) is 0 Å². The molecule has 1 nitrogen and oxygen atoms in total. The van der Waals surface area contributed by atoms with Crippen molar-refractivity contribution >= 4 is 38.6 Å². The molecule has 0 N–H and O–H groups in total. The standard InChI is InChI=1S/C38H27N/c1-3-12-28(13-4-1)29-22-24-34(25-23-29)39(33-17-5-2-6-18-33)38-27-32(26-31-15-8-10-20-37(31)38)36-21-11-16-30-14-7-9-19-35(30)36/h1-27H. The summed E-state index contributed by atoms with van der Waals surface area (Å²) in [5.74, 6) is 0. The Kier molecular flexibility index (Phi) is 5.88. The van der Waals surface area contributed by atoms with Gasteiger partial charge in [0.15, 0.2) is 0 Å². The van der Waals surface area contributed by atoms with Crippen molar-refractivity contribution in [2.24, 2.45) is 0 Å². The number of hydrogen-bond donors (Lipinski definition) is 0. The van der Waals surface area contributed by atoms with Gasteiger partial charge in [-0.05, 0) is 74.8 Å². The molecule has 1 heteroatoms. The molecule has 0 saturated carbocycles. The average Bonchev–Trinajstić information content (AvgIpc) is 3.02. The monoisotopic (exact) mass is 497 g/mol. The highest BCUT2D eigenvalue weighted by atomic mass is 15.1. The highest BCUT2D eigenvalue weighted by Crippen LogP contribution is 2.42. The maximum atomic E-state index is 2.38. The van der Waals surface area contributed by atoms with Gasteiger partial charge in [0.2, 0.25) is 0 Å². The van der Waals surface area contributed by atoms with Crippen LogP contribution in [0, 0.1) is 0 Å². The molecule has 0 amide bonds. The first-order chi connectivity index (χ1) is 19.3. The molecule has 0 aliphatic carbocycles. The fraction of sp³-hybridized carbons (Fsp3) is 0. The first-order valence-electron chi connectivity index (χ1n) is 13.4. The van der Waals surface area contributed by atoms with Crippen LogP contribution >= 0.6 is 0 Å². The van der Waals surface area contributed by atoms with Gasteiger partial charge in [-0.3, -0.25) is 0 Å². The van der Waals surface area contributed by atoms with Crippen LogP contribution in [0.5, 0.6) is 0 Å². The minimum Gasteiger partial charge on any atom is -0.310 e. The van der Waals surface area contributed by atoms with E-state index in [2.05, 4.69) is 169 Å². The molecule has 0 heterocycles. The van der Waals surface area contributed by atoms with E-state index in [0.29, 0.717) is 0 Å². The molecule has 0 aliphatic rings. The van der Waals surface area contributed by atoms with E-state index in [1.54, 1.807) is 0 Å². The summed E-state index contributed by atoms with van der Waals surface area (Å²) in [6.07, 6.45) is 0. The van der Waals surface area contributed by atoms with Crippen LogP contribution in [-0.4, -0.2) is 0 Å². The Bertz CT molecular complexity index is 1880. The summed E-state index contributed by atoms with van der Waals surface area (Å²) >= 11 is 0. The van der Waals surface area contributed by atoms with E-state index in [0.717, 1.165) is 17.1 Å². The Morgan fingerprint density at radius 3 is 1.67 bits per heavy atom. The van der Waals surface area contributed by atoms with E-state index in [1.807, 2.05) is 0 Å². The molecule has 0 radical (unpaired) electrons. The second kappa shape index (κ2) is 9.96. The number of fused-ring (bicyclic) bond motifs is 2. The van der Waals surface area contributed by atoms with Crippen molar-refractivity contribution in [2.75, 3.05) is 4.90 Å². The zero-order valence-electron chi connectivity index (χ0n) is 21.5. The molecule has 0 unspecified atom stereocenters. The van der Waals surface area contributed by atoms with Crippen molar-refractivity contribution in [3.05, 3.63) is 164 Å². The number of anilines is 3. The number of benzene rings is 7. The smallest absolute Gasteiger partial charge is 0.0546 e. The third kappa shape index (κ3) is 4.35. The highest BCUT2D eigenvalue weighted by molar-refractivity contribution is 6.05. The molecule has 0 atom stereocenters. The van der Waals surface area contributed by atoms with Crippen molar-refractivity contribution in [3.8, 4) is 22.3 Å². The van der Waals surface area contributed by atoms with Gasteiger partial charge in [0.05, 0.1) is 5.69 Å². The first kappa shape index (κ1) is 23.0. The molecule has 0 aliphatic heterocycles. The van der Waals surface area contributed by atoms with Crippen LogP contribution in [0.1, 0.15) is 0 Å². The lowest BCUT2D eigenvalue weighted by Crippen LogP contribution is -2.10. The molecule has 0 fully saturated rings. The van der Waals surface area contributed by atoms with Gasteiger partial charge in [-0.15, -0.1) is 0 Å². The first-order valence-corrected chi connectivity index (χ1v) is 13.4. The maximum Gasteiger partial charge on any atom is 0.0546 e. The topological polar surface area (TPSA) is 3.24 Å². The van der Waals surface area contributed by atoms with Crippen LogP contribution < -0.4 is 4.90 Å². The molecule has 184 valence electrons. The lowest BCUT2D eigenvalue weighted by molar-refractivity contribution is 1.30. The highest BCUT2D eigenvalue weighted by Gasteiger charge is 2.17. The van der Waals surface area contributed by atoms with Crippen LogP contribution in [0.3, 0.4) is 0 Å². The van der Waals surface area contributed by atoms with Crippen molar-refractivity contribution in [1.82, 2.24) is 0 Å². The molecular weight excluding hydrogens is 470 g/mol. The summed E-state index contributed by atoms with van der Waals surface area (Å²) < 4.78 is 0. The summed E-state index contributed by atoms with van der Waals surface area (Å²) in [6.45, 7) is 0. The second-order valence-corrected chi connectivity index (χ2v) is 9.83. The predicted molar refractivity (Wildman–Crippen MR) is 167 cm³/mol. The van der Waals surface area contributed by atoms with E-state index < -0.39 is 0 Å². The van der Waals surface area contributed by atoms with Gasteiger partial charge in [-0.25, -0.2) is 0 Å². The lowest BCUT2D eigenvalue weighted by atomic mass is 9.94. The van der Waals surface area contributed by atoms with Crippen LogP contribution in [0.25, 0.3) is 43.8 Å². The summed E-state index contributed by atoms with van der Waals surface area (Å²) in [5, 5.41) is 4.96. The van der Waals surface area contributed by atoms with Gasteiger partial charge >= 0.3 is 0 Å². The summed E-state index contributed by atoms with van der Waals surface area (Å²) in [7, 11) is 0. The molecule has 7 rings (SSSR count). The zero-order chi connectivity index (χ0) is 26.0. The normalized spacial score (nSPS) is 11.1. The SMILES string of the molecule is c1ccc(-c2ccc(N(c3ccccc3)c3cc(-c4cccc5ccccc45)cc4ccccc34)cc2)cc1. The quantitative estimate of drug-likeness (QED) is 0.229. The Balaban J connectivity index is 1.45. The number of nitrogens with zero attached hydrogens (tertiary/aromatic N) is 1. The van der Waals surface area contributed by atoms with Crippen LogP contribution in [0.4, 0.5) is 17.1 Å². The molecule has 0 saturated heterocycles. The van der Waals surface area contributed by atoms with Gasteiger partial charge in [0, 0.05) is 16.8 Å². The fourth-order valence-electron chi connectivity index (χ4n) is 5.55. The van der Waals surface area contributed by atoms with Gasteiger partial charge < -0.3 is 4.90 Å². The van der Waals surface area contributed by atoms with Crippen molar-refractivity contribution in [1.29, 1.82) is 0 Å². The largest absolute Gasteiger partial charge is 0.310 e. The third-order valence-corrected chi connectivity index (χ3v) is 7.43. The molecular formula is C38H27N. The minimum atomic E-state index is 1.13. The molecule has 0 bridgehead atoms. The molecule has 7 aromatic rings. The Morgan fingerprint density at radius 1 is 0.333 bits per heavy atom. The lowest BCUT2D eigenvalue weighted by Gasteiger charge is -2.28. The van der Waals surface area contributed by atoms with Crippen LogP contribution in [-0.2, 0) is 0 Å².